The lowest BCUT2D eigenvalue weighted by Crippen LogP contribution is -2.51. The number of hydrogen-bond donors (Lipinski definition) is 9. The lowest BCUT2D eigenvalue weighted by Gasteiger charge is -2.40. The summed E-state index contributed by atoms with van der Waals surface area (Å²) in [6.07, 6.45) is 13.6. The van der Waals surface area contributed by atoms with Gasteiger partial charge in [0.25, 0.3) is 17.6 Å². The molecule has 744 valence electrons. The first kappa shape index (κ1) is 108. The molecule has 0 saturated heterocycles. The predicted octanol–water partition coefficient (Wildman–Crippen LogP) is 13.5. The largest absolute Gasteiger partial charge is 0.503 e. The number of hydrogen-bond acceptors (Lipinski definition) is 25. The quantitative estimate of drug-likeness (QED) is 0.0170. The maximum atomic E-state index is 13.8. The van der Waals surface area contributed by atoms with Gasteiger partial charge in [-0.25, -0.2) is 41.9 Å². The van der Waals surface area contributed by atoms with E-state index in [4.69, 9.17) is 54.0 Å². The van der Waals surface area contributed by atoms with Crippen molar-refractivity contribution in [2.75, 3.05) is 28.4 Å². The molecule has 1 aromatic carbocycles. The Labute approximate surface area is 778 Å². The van der Waals surface area contributed by atoms with Crippen LogP contribution in [0.25, 0.3) is 10.4 Å². The van der Waals surface area contributed by atoms with Crippen LogP contribution in [0.4, 0.5) is 32.3 Å². The third-order valence-corrected chi connectivity index (χ3v) is 37.0. The maximum Gasteiger partial charge on any atom is 0.407 e. The lowest BCUT2D eigenvalue weighted by molar-refractivity contribution is 0.0423. The highest BCUT2D eigenvalue weighted by atomic mass is 28.4. The van der Waals surface area contributed by atoms with Gasteiger partial charge in [0.05, 0.1) is 69.9 Å². The van der Waals surface area contributed by atoms with Crippen LogP contribution in [-0.4, -0.2) is 207 Å². The number of nitrogens with one attached hydrogen (secondary N) is 5. The van der Waals surface area contributed by atoms with Crippen LogP contribution >= 0.6 is 0 Å². The molecule has 40 heteroatoms. The van der Waals surface area contributed by atoms with Gasteiger partial charge in [-0.3, -0.25) is 19.2 Å². The number of rotatable bonds is 15. The maximum absolute atomic E-state index is 13.8. The van der Waals surface area contributed by atoms with Gasteiger partial charge in [0.2, 0.25) is 16.6 Å². The Morgan fingerprint density at radius 2 is 0.977 bits per heavy atom. The molecule has 2 aromatic heterocycles. The van der Waals surface area contributed by atoms with E-state index in [0.29, 0.717) is 76.7 Å². The fourth-order valence-corrected chi connectivity index (χ4v) is 21.6. The van der Waals surface area contributed by atoms with Crippen LogP contribution in [0.3, 0.4) is 0 Å². The molecule has 133 heavy (non-hydrogen) atoms. The molecule has 0 spiro atoms. The first-order valence-corrected chi connectivity index (χ1v) is 51.8. The molecule has 3 heterocycles. The molecule has 12 saturated carbocycles. The molecular weight excluding hydrogens is 1770 g/mol. The number of esters is 2. The second-order valence-corrected chi connectivity index (χ2v) is 54.3. The van der Waals surface area contributed by atoms with Crippen molar-refractivity contribution < 1.29 is 114 Å². The zero-order valence-corrected chi connectivity index (χ0v) is 83.9. The average molecular weight is 1910 g/mol. The van der Waals surface area contributed by atoms with E-state index < -0.39 is 138 Å². The van der Waals surface area contributed by atoms with E-state index in [0.717, 1.165) is 95.5 Å². The Hall–Kier alpha value is -9.03. The number of ether oxygens (including phenoxy) is 7. The number of aromatic hydroxyl groups is 1. The number of fused-ring (bicyclic) bond motifs is 10. The molecule has 6 amide bonds. The van der Waals surface area contributed by atoms with E-state index in [1.165, 1.54) is 48.5 Å². The van der Waals surface area contributed by atoms with Crippen LogP contribution in [0.1, 0.15) is 255 Å². The summed E-state index contributed by atoms with van der Waals surface area (Å²) in [5, 5.41) is 38.2. The van der Waals surface area contributed by atoms with Gasteiger partial charge in [-0.05, 0) is 273 Å². The SMILES string of the molecule is CC(C)(C)OC(=O)N[C@@H]1C[C@H]2C[C@H]2[C@@H]1N.CC(C)(C)OC(=O)N[C@@H]1C[C@H]2C[C@H]2[C@@H]1N=[N+]=[N-].CC(C)(C)OC(=O)N[C@@H]1C[C@H]2C[C@H]2[C@H]1O.CC(C)(C)OC(=O)N[C@@H]1C[C@H]2C[C@H]2[C@H]1O[Si](C)(C)C(C)(C)C.CC(C)(C)[Si](C)(C)O[C@@H]1[C@@H]2C[C@@H]2C[C@H]1N.CN1C(=O)c2c(O)c(=O)c(C(=O)NCc3c(F)cc(F)cc3F)cn2[C@H]2[C@@H]3C[C@@H]3C[C@H]21.COC(=O)c1occ(C(=O)OC)c(=O)c1OC.O. The first-order valence-electron chi connectivity index (χ1n) is 46.0. The first-order chi connectivity index (χ1) is 60.9. The van der Waals surface area contributed by atoms with E-state index in [2.05, 4.69) is 114 Å². The van der Waals surface area contributed by atoms with Gasteiger partial charge in [-0.15, -0.1) is 0 Å². The van der Waals surface area contributed by atoms with Gasteiger partial charge in [0.1, 0.15) is 57.2 Å². The molecule has 12 aliphatic carbocycles. The van der Waals surface area contributed by atoms with Crippen LogP contribution in [0.15, 0.2) is 43.7 Å². The van der Waals surface area contributed by atoms with Crippen molar-refractivity contribution in [3.05, 3.63) is 101 Å². The van der Waals surface area contributed by atoms with Crippen LogP contribution < -0.4 is 53.6 Å². The number of aliphatic hydroxyl groups excluding tert-OH is 1. The number of nitrogens with zero attached hydrogens (tertiary/aromatic N) is 5. The number of alkyl carbamates (subject to hydrolysis) is 4. The highest BCUT2D eigenvalue weighted by molar-refractivity contribution is 6.74. The highest BCUT2D eigenvalue weighted by Gasteiger charge is 2.62. The fourth-order valence-electron chi connectivity index (χ4n) is 18.9. The molecule has 16 rings (SSSR count). The number of halogens is 3. The number of likely N-dealkylation sites (N-methyl/N-ethyl adjacent to an activating group) is 1. The molecule has 35 nitrogen and oxygen atoms in total. The molecule has 3 aromatic rings. The molecule has 0 bridgehead atoms. The van der Waals surface area contributed by atoms with Crippen LogP contribution in [0.5, 0.6) is 11.5 Å². The van der Waals surface area contributed by atoms with Gasteiger partial charge in [0.15, 0.2) is 28.1 Å². The Kier molecular flexibility index (Phi) is 33.3. The number of nitrogens with two attached hydrogens (primary N) is 2. The fraction of sp³-hybridized carbons (Fsp3) is 0.742. The van der Waals surface area contributed by atoms with E-state index in [9.17, 15) is 71.3 Å². The van der Waals surface area contributed by atoms with E-state index in [-0.39, 0.29) is 94.5 Å². The van der Waals surface area contributed by atoms with E-state index in [1.807, 2.05) is 83.1 Å². The summed E-state index contributed by atoms with van der Waals surface area (Å²) < 4.78 is 94.5. The molecule has 0 unspecified atom stereocenters. The number of azide groups is 1. The zero-order chi connectivity index (χ0) is 98.6. The third-order valence-electron chi connectivity index (χ3n) is 28.1. The molecule has 12 fully saturated rings. The van der Waals surface area contributed by atoms with Crippen LogP contribution in [0.2, 0.25) is 36.3 Å². The second-order valence-electron chi connectivity index (χ2n) is 44.8. The van der Waals surface area contributed by atoms with Crippen molar-refractivity contribution >= 4 is 64.8 Å². The number of amides is 6. The van der Waals surface area contributed by atoms with Crippen molar-refractivity contribution in [3.63, 3.8) is 0 Å². The molecule has 0 radical (unpaired) electrons. The van der Waals surface area contributed by atoms with Crippen molar-refractivity contribution in [2.24, 2.45) is 87.6 Å². The summed E-state index contributed by atoms with van der Waals surface area (Å²) >= 11 is 0. The predicted molar refractivity (Wildman–Crippen MR) is 492 cm³/mol. The van der Waals surface area contributed by atoms with Crippen molar-refractivity contribution in [1.82, 2.24) is 36.1 Å². The molecule has 24 atom stereocenters. The summed E-state index contributed by atoms with van der Waals surface area (Å²) in [6.45, 7) is 44.5. The number of benzene rings is 1. The summed E-state index contributed by atoms with van der Waals surface area (Å²) in [5.74, 6) is -0.983. The molecule has 1 aliphatic heterocycles. The molecular formula is C93H145F3N12O23Si2. The summed E-state index contributed by atoms with van der Waals surface area (Å²) in [6, 6.07) is 1.10. The summed E-state index contributed by atoms with van der Waals surface area (Å²) in [5.41, 5.74) is 15.4. The van der Waals surface area contributed by atoms with Gasteiger partial charge in [-0.1, -0.05) is 46.7 Å². The lowest BCUT2D eigenvalue weighted by atomic mass is 9.99. The standard InChI is InChI=1S/C21H18F3N3O4.C17H33NO3Si.C12H25NOSi.C11H18N4O2.C11H20N2O2.C11H19NO3.C10H10O7.H2O/c1-26-15-3-8-2-10(8)16(15)27-7-12(18(28)19(29)17(27)21(26)31)20(30)25-6-11-13(23)4-9(22)5-14(11)24;1-16(2,3)20-15(19)18-13-10-11-9-12(11)14(13)21-22(7,8)17(4,5)6;1-12(2,3)15(4,5)14-11-9-6-8(9)7-10(11)13;1-11(2,3)17-10(16)13-8-5-6-4-7(6)9(8)14-15-12;1-11(2,3)15-10(14)13-8-5-6-4-7(6)9(8)12;1-11(2,3)15-10(14)12-8-5-6-4-7(6)9(8)13;1-14-7-6(11)5(9(12)15-2)4-17-8(7)10(13)16-3;/h4-5,7-8,10,15-16,29H,2-3,6H2,1H3,(H,25,30);11-14H,9-10H2,1-8H3,(H,18,19);8-11H,6-7,13H2,1-5H3;6-9H,4-5H2,1-3H3,(H,13,16);6-9H,4-5,12H2,1-3H3,(H,13,14);6-9,13H,4-5H2,1-3H3,(H,12,14);4H,1-3H3;1H2/t8-,10-,15-,16+;11-,12-,13-,14-;8-,9-,10-,11-;2*6-,7-,8-,9+;6-,7-,8-,9-;;/m111111../s1. The van der Waals surface area contributed by atoms with Gasteiger partial charge in [0, 0.05) is 66.6 Å². The number of pyridine rings is 1. The summed E-state index contributed by atoms with van der Waals surface area (Å²) in [7, 11) is 1.61. The van der Waals surface area contributed by atoms with Gasteiger partial charge < -0.3 is 110 Å². The summed E-state index contributed by atoms with van der Waals surface area (Å²) in [4.78, 5) is 123. The van der Waals surface area contributed by atoms with Crippen LogP contribution in [0, 0.1) is 88.5 Å². The Morgan fingerprint density at radius 3 is 1.44 bits per heavy atom. The van der Waals surface area contributed by atoms with Crippen molar-refractivity contribution in [3.8, 4) is 11.5 Å². The van der Waals surface area contributed by atoms with Crippen molar-refractivity contribution in [1.29, 1.82) is 0 Å². The second kappa shape index (κ2) is 41.1. The minimum atomic E-state index is -1.82. The normalized spacial score (nSPS) is 30.1. The van der Waals surface area contributed by atoms with Gasteiger partial charge >= 0.3 is 36.3 Å². The monoisotopic (exact) mass is 1910 g/mol. The third kappa shape index (κ3) is 27.0. The number of methoxy groups -OCH3 is 3. The minimum Gasteiger partial charge on any atom is -0.503 e. The van der Waals surface area contributed by atoms with Crippen molar-refractivity contribution in [2.45, 2.75) is 340 Å². The van der Waals surface area contributed by atoms with E-state index in [1.54, 1.807) is 7.05 Å². The zero-order valence-electron chi connectivity index (χ0n) is 81.9. The average Bonchev–Trinajstić information content (AvgIpc) is 1.59. The minimum absolute atomic E-state index is 0. The number of carbonyl (C=O) groups is 8. The Bertz CT molecular complexity index is 4850. The highest BCUT2D eigenvalue weighted by Crippen LogP contribution is 2.61. The molecule has 13 aliphatic rings. The topological polar surface area (TPSA) is 508 Å². The van der Waals surface area contributed by atoms with Gasteiger partial charge in [-0.2, -0.15) is 0 Å². The number of aromatic nitrogens is 1. The number of aliphatic hydroxyl groups is 1. The Morgan fingerprint density at radius 1 is 0.556 bits per heavy atom. The smallest absolute Gasteiger partial charge is 0.407 e. The number of carbonyl (C=O) groups excluding carboxylic acids is 8. The Balaban J connectivity index is 0.000000177. The van der Waals surface area contributed by atoms with Crippen LogP contribution in [-0.2, 0) is 43.8 Å². The molecule has 13 N–H and O–H groups in total. The van der Waals surface area contributed by atoms with E-state index >= 15 is 0 Å².